The van der Waals surface area contributed by atoms with Gasteiger partial charge in [0.2, 0.25) is 5.91 Å². The van der Waals surface area contributed by atoms with Gasteiger partial charge in [0.25, 0.3) is 0 Å². The second-order valence-corrected chi connectivity index (χ2v) is 9.70. The monoisotopic (exact) mass is 501 g/mol. The fraction of sp³-hybridized carbons (Fsp3) is 0.846. The summed E-state index contributed by atoms with van der Waals surface area (Å²) in [6, 6.07) is 0. The number of esters is 3. The Hall–Kier alpha value is -2.16. The fourth-order valence-corrected chi connectivity index (χ4v) is 3.82. The lowest BCUT2D eigenvalue weighted by Gasteiger charge is -2.26. The first-order chi connectivity index (χ1) is 17.0. The molecule has 0 aliphatic carbocycles. The zero-order valence-corrected chi connectivity index (χ0v) is 22.4. The van der Waals surface area contributed by atoms with E-state index in [4.69, 9.17) is 21.4 Å². The molecule has 0 aromatic carbocycles. The number of amides is 1. The van der Waals surface area contributed by atoms with Gasteiger partial charge in [-0.05, 0) is 45.4 Å². The van der Waals surface area contributed by atoms with Crippen molar-refractivity contribution in [2.24, 2.45) is 34.6 Å². The first-order valence-electron chi connectivity index (χ1n) is 13.5. The molecule has 9 heteroatoms. The molecule has 0 bridgehead atoms. The molecule has 0 saturated carbocycles. The molecule has 3 atom stereocenters. The number of nitrogens with two attached hydrogens (primary N) is 2. The minimum atomic E-state index is -0.681. The second-order valence-electron chi connectivity index (χ2n) is 9.70. The van der Waals surface area contributed by atoms with Crippen molar-refractivity contribution < 1.29 is 34.8 Å². The maximum Gasteiger partial charge on any atom is 0.311 e. The molecule has 1 amide bonds. The smallest absolute Gasteiger partial charge is 0.311 e. The molecular weight excluding hydrogens is 452 g/mol. The van der Waals surface area contributed by atoms with Crippen molar-refractivity contribution >= 4 is 23.8 Å². The van der Waals surface area contributed by atoms with Crippen LogP contribution in [0.2, 0.25) is 1.41 Å². The average molecular weight is 502 g/mol. The van der Waals surface area contributed by atoms with E-state index in [1.807, 2.05) is 20.8 Å². The first-order valence-corrected chi connectivity index (χ1v) is 13.0. The van der Waals surface area contributed by atoms with Crippen LogP contribution in [0.15, 0.2) is 0 Å². The Morgan fingerprint density at radius 1 is 0.857 bits per heavy atom. The summed E-state index contributed by atoms with van der Waals surface area (Å²) in [7, 11) is 0. The standard InChI is InChI=1S/C26H48N2O7/c1-6-10-20(22(28)29)11-8-12-21(24(31)34-18-17-33-23(30)19(3)4)13-9-14-26(5,7-2)25(32)35-16-15-27/h19-21H,6-18,27H2,1-5H3,(H2,28,29)/i/hD. The number of carbonyl (C=O) groups is 4. The third-order valence-corrected chi connectivity index (χ3v) is 6.41. The van der Waals surface area contributed by atoms with Crippen molar-refractivity contribution in [1.82, 2.24) is 0 Å². The van der Waals surface area contributed by atoms with E-state index in [0.717, 1.165) is 12.8 Å². The zero-order valence-electron chi connectivity index (χ0n) is 23.4. The highest BCUT2D eigenvalue weighted by atomic mass is 16.6. The van der Waals surface area contributed by atoms with Crippen LogP contribution in [0.4, 0.5) is 0 Å². The topological polar surface area (TPSA) is 148 Å². The van der Waals surface area contributed by atoms with Gasteiger partial charge in [-0.3, -0.25) is 19.2 Å². The Morgan fingerprint density at radius 2 is 1.46 bits per heavy atom. The lowest BCUT2D eigenvalue weighted by atomic mass is 9.81. The predicted molar refractivity (Wildman–Crippen MR) is 134 cm³/mol. The number of rotatable bonds is 21. The minimum absolute atomic E-state index is 0.00263. The van der Waals surface area contributed by atoms with Gasteiger partial charge in [0.1, 0.15) is 21.2 Å². The second kappa shape index (κ2) is 18.2. The summed E-state index contributed by atoms with van der Waals surface area (Å²) >= 11 is 0. The molecular formula is C26H48N2O7. The summed E-state index contributed by atoms with van der Waals surface area (Å²) in [5, 5.41) is 0. The van der Waals surface area contributed by atoms with Crippen molar-refractivity contribution in [2.45, 2.75) is 92.4 Å². The molecule has 0 saturated heterocycles. The third-order valence-electron chi connectivity index (χ3n) is 6.41. The number of carbonyl (C=O) groups excluding carboxylic acids is 4. The van der Waals surface area contributed by atoms with Crippen molar-refractivity contribution in [3.63, 3.8) is 0 Å². The van der Waals surface area contributed by atoms with E-state index in [2.05, 4.69) is 5.73 Å². The van der Waals surface area contributed by atoms with E-state index in [0.29, 0.717) is 44.9 Å². The molecule has 0 spiro atoms. The van der Waals surface area contributed by atoms with Crippen molar-refractivity contribution in [2.75, 3.05) is 26.4 Å². The molecule has 0 aliphatic heterocycles. The van der Waals surface area contributed by atoms with Crippen LogP contribution in [0.3, 0.4) is 0 Å². The summed E-state index contributed by atoms with van der Waals surface area (Å²) in [4.78, 5) is 48.6. The normalized spacial score (nSPS) is 15.0. The van der Waals surface area contributed by atoms with Gasteiger partial charge in [0.05, 0.1) is 17.3 Å². The average Bonchev–Trinajstić information content (AvgIpc) is 2.84. The number of ether oxygens (including phenoxy) is 3. The van der Waals surface area contributed by atoms with E-state index in [1.54, 1.807) is 13.8 Å². The lowest BCUT2D eigenvalue weighted by molar-refractivity contribution is -0.157. The molecule has 204 valence electrons. The molecule has 4 N–H and O–H groups in total. The molecule has 0 aliphatic rings. The number of primary amides is 1. The van der Waals surface area contributed by atoms with Gasteiger partial charge in [-0.25, -0.2) is 0 Å². The SMILES string of the molecule is [2H]NCCOC(=O)C(C)(CC)CCCC(CCCC(CCC)C(N)=O)C(=O)OCCOC(=O)C(C)C. The molecule has 0 aromatic heterocycles. The summed E-state index contributed by atoms with van der Waals surface area (Å²) in [5.41, 5.74) is 7.03. The van der Waals surface area contributed by atoms with Crippen LogP contribution in [0.5, 0.6) is 0 Å². The number of hydrogen-bond acceptors (Lipinski definition) is 8. The third kappa shape index (κ3) is 13.5. The lowest BCUT2D eigenvalue weighted by Crippen LogP contribution is -2.31. The van der Waals surface area contributed by atoms with E-state index < -0.39 is 11.3 Å². The number of hydrogen-bond donors (Lipinski definition) is 2. The Labute approximate surface area is 212 Å². The van der Waals surface area contributed by atoms with Crippen molar-refractivity contribution in [1.29, 1.82) is 0 Å². The maximum absolute atomic E-state index is 12.8. The van der Waals surface area contributed by atoms with Crippen LogP contribution in [-0.2, 0) is 33.4 Å². The summed E-state index contributed by atoms with van der Waals surface area (Å²) < 4.78 is 22.7. The quantitative estimate of drug-likeness (QED) is 0.138. The summed E-state index contributed by atoms with van der Waals surface area (Å²) in [5.74, 6) is -2.21. The molecule has 0 rings (SSSR count). The molecule has 35 heavy (non-hydrogen) atoms. The summed E-state index contributed by atoms with van der Waals surface area (Å²) in [6.07, 6.45) is 5.67. The van der Waals surface area contributed by atoms with Gasteiger partial charge >= 0.3 is 17.9 Å². The van der Waals surface area contributed by atoms with Crippen LogP contribution in [-0.4, -0.2) is 50.2 Å². The van der Waals surface area contributed by atoms with E-state index in [-0.39, 0.29) is 62.0 Å². The largest absolute Gasteiger partial charge is 0.464 e. The Morgan fingerprint density at radius 3 is 2.00 bits per heavy atom. The molecule has 0 heterocycles. The fourth-order valence-electron chi connectivity index (χ4n) is 3.82. The highest BCUT2D eigenvalue weighted by Crippen LogP contribution is 2.32. The van der Waals surface area contributed by atoms with Crippen LogP contribution in [0, 0.1) is 23.2 Å². The van der Waals surface area contributed by atoms with Gasteiger partial charge in [-0.1, -0.05) is 47.0 Å². The molecule has 0 fully saturated rings. The van der Waals surface area contributed by atoms with Gasteiger partial charge in [-0.2, -0.15) is 0 Å². The molecule has 0 radical (unpaired) electrons. The molecule has 9 nitrogen and oxygen atoms in total. The highest BCUT2D eigenvalue weighted by molar-refractivity contribution is 5.77. The first kappa shape index (κ1) is 30.9. The van der Waals surface area contributed by atoms with Crippen LogP contribution in [0.25, 0.3) is 0 Å². The molecule has 0 aromatic rings. The minimum Gasteiger partial charge on any atom is -0.464 e. The van der Waals surface area contributed by atoms with Crippen LogP contribution < -0.4 is 11.5 Å². The van der Waals surface area contributed by atoms with Gasteiger partial charge in [0.15, 0.2) is 0 Å². The van der Waals surface area contributed by atoms with E-state index >= 15 is 0 Å². The Balaban J connectivity index is 5.00. The van der Waals surface area contributed by atoms with Gasteiger partial charge in [0, 0.05) is 12.5 Å². The zero-order chi connectivity index (χ0) is 27.6. The predicted octanol–water partition coefficient (Wildman–Crippen LogP) is 3.51. The Bertz CT molecular complexity index is 675. The van der Waals surface area contributed by atoms with Crippen molar-refractivity contribution in [3.05, 3.63) is 0 Å². The maximum atomic E-state index is 12.8. The van der Waals surface area contributed by atoms with Crippen LogP contribution in [0.1, 0.15) is 92.4 Å². The van der Waals surface area contributed by atoms with E-state index in [1.165, 1.54) is 0 Å². The molecule has 3 unspecified atom stereocenters. The highest BCUT2D eigenvalue weighted by Gasteiger charge is 2.33. The van der Waals surface area contributed by atoms with Gasteiger partial charge in [-0.15, -0.1) is 0 Å². The van der Waals surface area contributed by atoms with Crippen LogP contribution >= 0.6 is 0 Å². The summed E-state index contributed by atoms with van der Waals surface area (Å²) in [6.45, 7) is 9.61. The van der Waals surface area contributed by atoms with Crippen molar-refractivity contribution in [3.8, 4) is 0 Å². The van der Waals surface area contributed by atoms with E-state index in [9.17, 15) is 19.2 Å². The van der Waals surface area contributed by atoms with Gasteiger partial charge < -0.3 is 25.7 Å². The Kier molecular flexibility index (Phi) is 16.0.